The molecule has 1 aromatic heterocycles. The van der Waals surface area contributed by atoms with Gasteiger partial charge < -0.3 is 20.7 Å². The monoisotopic (exact) mass is 337 g/mol. The molecule has 0 bridgehead atoms. The van der Waals surface area contributed by atoms with E-state index in [1.165, 1.54) is 13.1 Å². The quantitative estimate of drug-likeness (QED) is 0.774. The molecule has 0 aliphatic carbocycles. The van der Waals surface area contributed by atoms with Gasteiger partial charge in [-0.1, -0.05) is 19.9 Å². The fourth-order valence-electron chi connectivity index (χ4n) is 2.35. The zero-order valence-corrected chi connectivity index (χ0v) is 14.1. The molecule has 0 saturated heterocycles. The molecule has 0 spiro atoms. The molecular weight excluding hydrogens is 319 g/mol. The summed E-state index contributed by atoms with van der Waals surface area (Å²) in [6.07, 6.45) is 0. The van der Waals surface area contributed by atoms with Crippen LogP contribution in [-0.2, 0) is 0 Å². The molecular formula is C16H18FN2O3S-. The molecule has 1 heterocycles. The van der Waals surface area contributed by atoms with Gasteiger partial charge in [0.15, 0.2) is 0 Å². The Labute approximate surface area is 137 Å². The Bertz CT molecular complexity index is 741. The minimum Gasteiger partial charge on any atom is -0.758 e. The van der Waals surface area contributed by atoms with Gasteiger partial charge in [-0.05, 0) is 37.6 Å². The van der Waals surface area contributed by atoms with Gasteiger partial charge in [0, 0.05) is 5.56 Å². The highest BCUT2D eigenvalue weighted by Crippen LogP contribution is 2.44. The van der Waals surface area contributed by atoms with E-state index < -0.39 is 11.8 Å². The number of nitrogens with zero attached hydrogens (tertiary/aromatic N) is 1. The molecule has 7 heteroatoms. The van der Waals surface area contributed by atoms with E-state index in [1.54, 1.807) is 19.1 Å². The largest absolute Gasteiger partial charge is 0.758 e. The minimum absolute atomic E-state index is 0.0164. The van der Waals surface area contributed by atoms with Crippen LogP contribution in [0.2, 0.25) is 0 Å². The molecule has 124 valence electrons. The number of carbonyl (C=O) groups is 1. The van der Waals surface area contributed by atoms with Gasteiger partial charge in [-0.15, -0.1) is 11.3 Å². The van der Waals surface area contributed by atoms with Crippen molar-refractivity contribution in [3.05, 3.63) is 45.9 Å². The highest BCUT2D eigenvalue weighted by atomic mass is 32.1. The lowest BCUT2D eigenvalue weighted by molar-refractivity contribution is 0.0697. The number of hydroxylamine groups is 1. The van der Waals surface area contributed by atoms with Gasteiger partial charge in [-0.2, -0.15) is 0 Å². The van der Waals surface area contributed by atoms with Crippen LogP contribution < -0.4 is 10.4 Å². The molecule has 0 amide bonds. The Hall–Kier alpha value is -2.12. The summed E-state index contributed by atoms with van der Waals surface area (Å²) in [5.41, 5.74) is 1.41. The third kappa shape index (κ3) is 3.46. The van der Waals surface area contributed by atoms with E-state index in [0.717, 1.165) is 16.9 Å². The van der Waals surface area contributed by atoms with Gasteiger partial charge in [0.05, 0.1) is 16.3 Å². The fraction of sp³-hybridized carbons (Fsp3) is 0.312. The molecule has 2 rings (SSSR count). The molecule has 2 aromatic rings. The van der Waals surface area contributed by atoms with Crippen molar-refractivity contribution >= 4 is 33.0 Å². The zero-order chi connectivity index (χ0) is 17.3. The molecule has 5 nitrogen and oxygen atoms in total. The van der Waals surface area contributed by atoms with Crippen molar-refractivity contribution in [2.24, 2.45) is 0 Å². The first-order chi connectivity index (χ1) is 10.7. The Morgan fingerprint density at radius 1 is 1.43 bits per heavy atom. The second-order valence-electron chi connectivity index (χ2n) is 5.59. The van der Waals surface area contributed by atoms with Gasteiger partial charge in [0.25, 0.3) is 0 Å². The summed E-state index contributed by atoms with van der Waals surface area (Å²) in [5, 5.41) is 25.3. The predicted octanol–water partition coefficient (Wildman–Crippen LogP) is 4.69. The van der Waals surface area contributed by atoms with Crippen LogP contribution in [0.3, 0.4) is 0 Å². The minimum atomic E-state index is -1.15. The van der Waals surface area contributed by atoms with Crippen molar-refractivity contribution in [3.63, 3.8) is 0 Å². The van der Waals surface area contributed by atoms with Crippen LogP contribution in [0, 0.1) is 17.9 Å². The Kier molecular flexibility index (Phi) is 4.91. The molecule has 0 aliphatic heterocycles. The number of aromatic carboxylic acids is 1. The average Bonchev–Trinajstić information content (AvgIpc) is 2.81. The number of nitrogens with one attached hydrogen (secondary N) is 1. The average molecular weight is 337 g/mol. The molecule has 0 aliphatic rings. The van der Waals surface area contributed by atoms with Crippen molar-refractivity contribution in [2.75, 3.05) is 17.4 Å². The zero-order valence-electron chi connectivity index (χ0n) is 13.3. The maximum absolute atomic E-state index is 14.0. The van der Waals surface area contributed by atoms with E-state index in [2.05, 4.69) is 5.32 Å². The Morgan fingerprint density at radius 2 is 2.09 bits per heavy atom. The SMILES string of the molecule is Cc1ccc(Nc2sc(N(C)[O-])c(C(C)C)c2C(=O)O)c(F)c1. The van der Waals surface area contributed by atoms with E-state index in [0.29, 0.717) is 15.6 Å². The number of hydrogen-bond donors (Lipinski definition) is 2. The van der Waals surface area contributed by atoms with Gasteiger partial charge in [-0.25, -0.2) is 9.18 Å². The summed E-state index contributed by atoms with van der Waals surface area (Å²) >= 11 is 1.01. The first-order valence-electron chi connectivity index (χ1n) is 7.06. The molecule has 23 heavy (non-hydrogen) atoms. The number of anilines is 3. The topological polar surface area (TPSA) is 75.6 Å². The standard InChI is InChI=1S/C16H18FN2O3S/c1-8(2)12-13(16(20)21)14(23-15(12)19(4)22)18-11-6-5-9(3)7-10(11)17/h5-8,18H,1-4H3,(H,20,21)/q-1. The molecule has 0 fully saturated rings. The fourth-order valence-corrected chi connectivity index (χ4v) is 3.58. The number of benzene rings is 1. The van der Waals surface area contributed by atoms with E-state index in [-0.39, 0.29) is 22.2 Å². The van der Waals surface area contributed by atoms with E-state index in [4.69, 9.17) is 0 Å². The lowest BCUT2D eigenvalue weighted by Gasteiger charge is -2.25. The number of rotatable bonds is 5. The number of thiophene rings is 1. The predicted molar refractivity (Wildman–Crippen MR) is 91.6 cm³/mol. The van der Waals surface area contributed by atoms with Gasteiger partial charge >= 0.3 is 5.97 Å². The summed E-state index contributed by atoms with van der Waals surface area (Å²) in [5.74, 6) is -1.77. The van der Waals surface area contributed by atoms with Gasteiger partial charge in [0.2, 0.25) is 0 Å². The van der Waals surface area contributed by atoms with Crippen LogP contribution in [0.1, 0.15) is 41.3 Å². The first-order valence-corrected chi connectivity index (χ1v) is 7.88. The van der Waals surface area contributed by atoms with Crippen LogP contribution in [0.5, 0.6) is 0 Å². The van der Waals surface area contributed by atoms with Gasteiger partial charge in [0.1, 0.15) is 10.8 Å². The normalized spacial score (nSPS) is 10.9. The Morgan fingerprint density at radius 3 is 2.57 bits per heavy atom. The van der Waals surface area contributed by atoms with Crippen LogP contribution in [0.15, 0.2) is 18.2 Å². The lowest BCUT2D eigenvalue weighted by Crippen LogP contribution is -2.10. The summed E-state index contributed by atoms with van der Waals surface area (Å²) in [7, 11) is 1.32. The highest BCUT2D eigenvalue weighted by Gasteiger charge is 2.26. The second kappa shape index (κ2) is 6.55. The van der Waals surface area contributed by atoms with E-state index in [9.17, 15) is 19.5 Å². The number of aryl methyl sites for hydroxylation is 1. The van der Waals surface area contributed by atoms with Crippen LogP contribution >= 0.6 is 11.3 Å². The maximum Gasteiger partial charge on any atom is 0.339 e. The number of carboxylic acid groups (broad SMARTS) is 1. The first kappa shape index (κ1) is 17.2. The van der Waals surface area contributed by atoms with E-state index >= 15 is 0 Å². The van der Waals surface area contributed by atoms with Crippen molar-refractivity contribution < 1.29 is 14.3 Å². The molecule has 1 aromatic carbocycles. The van der Waals surface area contributed by atoms with Crippen molar-refractivity contribution in [3.8, 4) is 0 Å². The highest BCUT2D eigenvalue weighted by molar-refractivity contribution is 7.20. The van der Waals surface area contributed by atoms with Crippen LogP contribution in [-0.4, -0.2) is 18.1 Å². The van der Waals surface area contributed by atoms with Crippen LogP contribution in [0.4, 0.5) is 20.1 Å². The van der Waals surface area contributed by atoms with Crippen molar-refractivity contribution in [1.82, 2.24) is 0 Å². The van der Waals surface area contributed by atoms with Gasteiger partial charge in [-0.3, -0.25) is 0 Å². The maximum atomic E-state index is 14.0. The Balaban J connectivity index is 2.57. The smallest absolute Gasteiger partial charge is 0.339 e. The van der Waals surface area contributed by atoms with Crippen LogP contribution in [0.25, 0.3) is 0 Å². The third-order valence-electron chi connectivity index (χ3n) is 3.38. The summed E-state index contributed by atoms with van der Waals surface area (Å²) < 4.78 is 14.0. The van der Waals surface area contributed by atoms with E-state index in [1.807, 2.05) is 13.8 Å². The molecule has 0 saturated carbocycles. The third-order valence-corrected chi connectivity index (χ3v) is 4.56. The molecule has 0 unspecified atom stereocenters. The second-order valence-corrected chi connectivity index (χ2v) is 6.59. The van der Waals surface area contributed by atoms with Crippen molar-refractivity contribution in [1.29, 1.82) is 0 Å². The summed E-state index contributed by atoms with van der Waals surface area (Å²) in [6, 6.07) is 4.63. The molecule has 2 N–H and O–H groups in total. The summed E-state index contributed by atoms with van der Waals surface area (Å²) in [4.78, 5) is 11.7. The van der Waals surface area contributed by atoms with Crippen molar-refractivity contribution in [2.45, 2.75) is 26.7 Å². The molecule has 0 radical (unpaired) electrons. The summed E-state index contributed by atoms with van der Waals surface area (Å²) in [6.45, 7) is 5.40. The number of hydrogen-bond acceptors (Lipinski definition) is 5. The molecule has 0 atom stereocenters. The number of halogens is 1. The lowest BCUT2D eigenvalue weighted by atomic mass is 10.0. The number of carboxylic acids is 1.